The maximum absolute atomic E-state index is 12.0. The zero-order valence-electron chi connectivity index (χ0n) is 12.2. The molecule has 1 unspecified atom stereocenters. The maximum Gasteiger partial charge on any atom is 0.323 e. The Hall–Kier alpha value is -2.75. The van der Waals surface area contributed by atoms with Gasteiger partial charge in [0.15, 0.2) is 0 Å². The minimum atomic E-state index is -0.934. The molecule has 2 amide bonds. The van der Waals surface area contributed by atoms with Crippen molar-refractivity contribution in [2.75, 3.05) is 10.6 Å². The highest BCUT2D eigenvalue weighted by molar-refractivity contribution is 6.31. The average Bonchev–Trinajstić information content (AvgIpc) is 2.51. The van der Waals surface area contributed by atoms with Crippen LogP contribution in [0.3, 0.4) is 0 Å². The highest BCUT2D eigenvalue weighted by Gasteiger charge is 2.15. The van der Waals surface area contributed by atoms with Crippen molar-refractivity contribution in [3.8, 4) is 11.8 Å². The van der Waals surface area contributed by atoms with E-state index < -0.39 is 12.1 Å². The van der Waals surface area contributed by atoms with E-state index in [0.29, 0.717) is 11.3 Å². The molecule has 0 spiro atoms. The molecule has 0 heterocycles. The van der Waals surface area contributed by atoms with Gasteiger partial charge < -0.3 is 20.8 Å². The van der Waals surface area contributed by atoms with E-state index in [0.717, 1.165) is 0 Å². The van der Waals surface area contributed by atoms with E-state index >= 15 is 0 Å². The fourth-order valence-electron chi connectivity index (χ4n) is 1.95. The quantitative estimate of drug-likeness (QED) is 0.644. The third-order valence-electron chi connectivity index (χ3n) is 3.07. The lowest BCUT2D eigenvalue weighted by Gasteiger charge is -2.14. The van der Waals surface area contributed by atoms with E-state index in [-0.39, 0.29) is 22.0 Å². The highest BCUT2D eigenvalue weighted by Crippen LogP contribution is 2.35. The van der Waals surface area contributed by atoms with E-state index in [1.807, 2.05) is 6.07 Å². The second-order valence-corrected chi connectivity index (χ2v) is 5.27. The van der Waals surface area contributed by atoms with Crippen molar-refractivity contribution in [3.05, 3.63) is 52.5 Å². The smallest absolute Gasteiger partial charge is 0.323 e. The van der Waals surface area contributed by atoms with Crippen molar-refractivity contribution in [1.29, 1.82) is 5.26 Å². The van der Waals surface area contributed by atoms with Gasteiger partial charge in [-0.05, 0) is 43.3 Å². The number of nitrogens with one attached hydrogen (secondary N) is 2. The number of aliphatic hydroxyl groups is 1. The van der Waals surface area contributed by atoms with E-state index in [2.05, 4.69) is 10.6 Å². The molecule has 0 aliphatic heterocycles. The second kappa shape index (κ2) is 7.01. The molecule has 2 rings (SSSR count). The number of nitrogens with zero attached hydrogens (tertiary/aromatic N) is 1. The van der Waals surface area contributed by atoms with Gasteiger partial charge in [-0.15, -0.1) is 0 Å². The van der Waals surface area contributed by atoms with Crippen LogP contribution in [0.5, 0.6) is 5.75 Å². The molecule has 0 aromatic heterocycles. The number of amides is 2. The van der Waals surface area contributed by atoms with Gasteiger partial charge in [0.2, 0.25) is 0 Å². The molecule has 6 nitrogen and oxygen atoms in total. The number of nitriles is 1. The van der Waals surface area contributed by atoms with Gasteiger partial charge >= 0.3 is 6.03 Å². The molecule has 0 aliphatic rings. The summed E-state index contributed by atoms with van der Waals surface area (Å²) in [5.74, 6) is -0.251. The number of hydrogen-bond acceptors (Lipinski definition) is 4. The van der Waals surface area contributed by atoms with E-state index in [1.54, 1.807) is 24.3 Å². The molecule has 7 heteroatoms. The first-order chi connectivity index (χ1) is 10.9. The number of aromatic hydroxyl groups is 1. The fraction of sp³-hybridized carbons (Fsp3) is 0.125. The van der Waals surface area contributed by atoms with E-state index in [1.165, 1.54) is 19.1 Å². The van der Waals surface area contributed by atoms with Crippen LogP contribution in [0.2, 0.25) is 5.02 Å². The summed E-state index contributed by atoms with van der Waals surface area (Å²) in [5, 5.41) is 33.7. The summed E-state index contributed by atoms with van der Waals surface area (Å²) in [6.07, 6.45) is -0.934. The van der Waals surface area contributed by atoms with E-state index in [4.69, 9.17) is 16.9 Å². The van der Waals surface area contributed by atoms with Crippen molar-refractivity contribution >= 4 is 29.0 Å². The Balaban J connectivity index is 2.15. The lowest BCUT2D eigenvalue weighted by atomic mass is 10.1. The minimum absolute atomic E-state index is 0.0829. The van der Waals surface area contributed by atoms with Crippen molar-refractivity contribution in [2.45, 2.75) is 13.0 Å². The summed E-state index contributed by atoms with van der Waals surface area (Å²) < 4.78 is 0. The Morgan fingerprint density at radius 3 is 2.48 bits per heavy atom. The van der Waals surface area contributed by atoms with Crippen LogP contribution in [-0.2, 0) is 0 Å². The number of hydrogen-bond donors (Lipinski definition) is 4. The maximum atomic E-state index is 12.0. The predicted molar refractivity (Wildman–Crippen MR) is 87.5 cm³/mol. The molecule has 0 fully saturated rings. The van der Waals surface area contributed by atoms with Gasteiger partial charge in [0.05, 0.1) is 23.4 Å². The van der Waals surface area contributed by atoms with Gasteiger partial charge in [-0.2, -0.15) is 5.26 Å². The van der Waals surface area contributed by atoms with Gasteiger partial charge in [0.1, 0.15) is 5.75 Å². The molecule has 2 aromatic rings. The molecule has 0 saturated carbocycles. The van der Waals surface area contributed by atoms with Crippen molar-refractivity contribution < 1.29 is 15.0 Å². The molecular weight excluding hydrogens is 318 g/mol. The number of carbonyl (C=O) groups excluding carboxylic acids is 1. The number of carbonyl (C=O) groups is 1. The first kappa shape index (κ1) is 16.6. The number of anilines is 2. The minimum Gasteiger partial charge on any atom is -0.505 e. The van der Waals surface area contributed by atoms with Gasteiger partial charge in [0.25, 0.3) is 0 Å². The summed E-state index contributed by atoms with van der Waals surface area (Å²) in [4.78, 5) is 12.0. The third kappa shape index (κ3) is 4.13. The molecule has 2 aromatic carbocycles. The van der Waals surface area contributed by atoms with Crippen LogP contribution in [0.15, 0.2) is 36.4 Å². The first-order valence-electron chi connectivity index (χ1n) is 6.69. The number of phenols is 1. The molecule has 23 heavy (non-hydrogen) atoms. The number of halogens is 1. The normalized spacial score (nSPS) is 11.4. The molecule has 4 N–H and O–H groups in total. The highest BCUT2D eigenvalue weighted by atomic mass is 35.5. The van der Waals surface area contributed by atoms with E-state index in [9.17, 15) is 15.0 Å². The van der Waals surface area contributed by atoms with Crippen LogP contribution >= 0.6 is 11.6 Å². The third-order valence-corrected chi connectivity index (χ3v) is 3.29. The Morgan fingerprint density at radius 1 is 1.26 bits per heavy atom. The standard InChI is InChI=1S/C16H14ClN3O3/c1-9(21)13-6-11(17)7-14(15(13)22)20-16(23)19-12-4-2-10(8-18)3-5-12/h2-7,9,21-22H,1H3,(H2,19,20,23). The van der Waals surface area contributed by atoms with Crippen LogP contribution in [0.4, 0.5) is 16.2 Å². The van der Waals surface area contributed by atoms with Gasteiger partial charge in [-0.25, -0.2) is 4.79 Å². The summed E-state index contributed by atoms with van der Waals surface area (Å²) in [5.41, 5.74) is 1.26. The van der Waals surface area contributed by atoms with Gasteiger partial charge in [-0.1, -0.05) is 11.6 Å². The largest absolute Gasteiger partial charge is 0.505 e. The van der Waals surface area contributed by atoms with Crippen LogP contribution < -0.4 is 10.6 Å². The molecule has 0 saturated heterocycles. The average molecular weight is 332 g/mol. The number of aliphatic hydroxyl groups excluding tert-OH is 1. The molecule has 118 valence electrons. The number of benzene rings is 2. The fourth-order valence-corrected chi connectivity index (χ4v) is 2.17. The van der Waals surface area contributed by atoms with Gasteiger partial charge in [0, 0.05) is 16.3 Å². The summed E-state index contributed by atoms with van der Waals surface area (Å²) in [6.45, 7) is 1.48. The molecule has 1 atom stereocenters. The Labute approximate surface area is 137 Å². The SMILES string of the molecule is CC(O)c1cc(Cl)cc(NC(=O)Nc2ccc(C#N)cc2)c1O. The second-order valence-electron chi connectivity index (χ2n) is 4.84. The molecular formula is C16H14ClN3O3. The zero-order valence-corrected chi connectivity index (χ0v) is 12.9. The van der Waals surface area contributed by atoms with Crippen molar-refractivity contribution in [3.63, 3.8) is 0 Å². The van der Waals surface area contributed by atoms with Crippen LogP contribution in [0.25, 0.3) is 0 Å². The van der Waals surface area contributed by atoms with Gasteiger partial charge in [-0.3, -0.25) is 0 Å². The Bertz CT molecular complexity index is 767. The van der Waals surface area contributed by atoms with Crippen molar-refractivity contribution in [2.24, 2.45) is 0 Å². The predicted octanol–water partition coefficient (Wildman–Crippen LogP) is 3.61. The molecule has 0 radical (unpaired) electrons. The summed E-state index contributed by atoms with van der Waals surface area (Å²) in [6, 6.07) is 10.5. The number of urea groups is 1. The molecule has 0 bridgehead atoms. The van der Waals surface area contributed by atoms with Crippen LogP contribution in [-0.4, -0.2) is 16.2 Å². The lowest BCUT2D eigenvalue weighted by Crippen LogP contribution is -2.19. The monoisotopic (exact) mass is 331 g/mol. The first-order valence-corrected chi connectivity index (χ1v) is 7.07. The lowest BCUT2D eigenvalue weighted by molar-refractivity contribution is 0.195. The number of rotatable bonds is 3. The van der Waals surface area contributed by atoms with Crippen molar-refractivity contribution in [1.82, 2.24) is 0 Å². The van der Waals surface area contributed by atoms with Crippen LogP contribution in [0.1, 0.15) is 24.2 Å². The summed E-state index contributed by atoms with van der Waals surface area (Å²) in [7, 11) is 0. The topological polar surface area (TPSA) is 105 Å². The number of phenolic OH excluding ortho intramolecular Hbond substituents is 1. The Kier molecular flexibility index (Phi) is 5.06. The Morgan fingerprint density at radius 2 is 1.91 bits per heavy atom. The summed E-state index contributed by atoms with van der Waals surface area (Å²) >= 11 is 5.92. The zero-order chi connectivity index (χ0) is 17.0. The van der Waals surface area contributed by atoms with Crippen LogP contribution in [0, 0.1) is 11.3 Å². The molecule has 0 aliphatic carbocycles.